The number of imidazole rings is 1. The first-order chi connectivity index (χ1) is 17.3. The highest BCUT2D eigenvalue weighted by molar-refractivity contribution is 6.00. The number of aromatic nitrogens is 5. The van der Waals surface area contributed by atoms with Crippen molar-refractivity contribution < 1.29 is 23.1 Å². The molecule has 0 aliphatic carbocycles. The summed E-state index contributed by atoms with van der Waals surface area (Å²) in [5.74, 6) is -0.793. The first-order valence-corrected chi connectivity index (χ1v) is 10.6. The zero-order valence-electron chi connectivity index (χ0n) is 18.4. The number of anilines is 1. The highest BCUT2D eigenvalue weighted by Crippen LogP contribution is 2.35. The number of carbonyl (C=O) groups is 1. The average Bonchev–Trinajstić information content (AvgIpc) is 3.43. The quantitative estimate of drug-likeness (QED) is 0.338. The number of hydrogen-bond donors (Lipinski definition) is 3. The van der Waals surface area contributed by atoms with Crippen molar-refractivity contribution >= 4 is 22.5 Å². The van der Waals surface area contributed by atoms with Crippen LogP contribution < -0.4 is 5.32 Å². The molecule has 0 spiro atoms. The zero-order chi connectivity index (χ0) is 25.3. The van der Waals surface area contributed by atoms with E-state index < -0.39 is 23.2 Å². The lowest BCUT2D eigenvalue weighted by Gasteiger charge is -2.25. The molecule has 0 aliphatic rings. The van der Waals surface area contributed by atoms with E-state index >= 15 is 0 Å². The Morgan fingerprint density at radius 3 is 2.50 bits per heavy atom. The second-order valence-electron chi connectivity index (χ2n) is 7.92. The van der Waals surface area contributed by atoms with Gasteiger partial charge in [0.1, 0.15) is 0 Å². The maximum absolute atomic E-state index is 13.4. The van der Waals surface area contributed by atoms with Crippen molar-refractivity contribution in [1.82, 2.24) is 25.1 Å². The summed E-state index contributed by atoms with van der Waals surface area (Å²) in [7, 11) is 0. The smallest absolute Gasteiger partial charge is 0.369 e. The summed E-state index contributed by atoms with van der Waals surface area (Å²) in [6, 6.07) is 13.0. The third-order valence-electron chi connectivity index (χ3n) is 5.63. The third kappa shape index (κ3) is 4.16. The Balaban J connectivity index is 1.53. The number of hydrogen-bond acceptors (Lipinski definition) is 6. The molecule has 3 aromatic heterocycles. The van der Waals surface area contributed by atoms with Crippen molar-refractivity contribution in [2.75, 3.05) is 5.32 Å². The third-order valence-corrected chi connectivity index (χ3v) is 5.63. The molecule has 36 heavy (non-hydrogen) atoms. The Labute approximate surface area is 201 Å². The number of aliphatic hydroxyl groups is 1. The fourth-order valence-electron chi connectivity index (χ4n) is 3.86. The van der Waals surface area contributed by atoms with Crippen molar-refractivity contribution in [3.63, 3.8) is 0 Å². The summed E-state index contributed by atoms with van der Waals surface area (Å²) in [6.45, 7) is 0. The molecule has 180 valence electrons. The molecule has 1 unspecified atom stereocenters. The largest absolute Gasteiger partial charge is 0.416 e. The molecule has 0 radical (unpaired) electrons. The van der Waals surface area contributed by atoms with E-state index in [1.54, 1.807) is 30.3 Å². The van der Waals surface area contributed by atoms with Crippen LogP contribution in [0.2, 0.25) is 0 Å². The van der Waals surface area contributed by atoms with Gasteiger partial charge < -0.3 is 15.4 Å². The molecule has 2 aromatic carbocycles. The molecule has 5 aromatic rings. The minimum atomic E-state index is -4.53. The van der Waals surface area contributed by atoms with Crippen molar-refractivity contribution in [3.8, 4) is 11.1 Å². The summed E-state index contributed by atoms with van der Waals surface area (Å²) < 4.78 is 39.9. The number of aromatic amines is 1. The molecular weight excluding hydrogens is 473 g/mol. The monoisotopic (exact) mass is 490 g/mol. The van der Waals surface area contributed by atoms with Crippen LogP contribution in [0.25, 0.3) is 22.0 Å². The van der Waals surface area contributed by atoms with E-state index in [9.17, 15) is 23.1 Å². The van der Waals surface area contributed by atoms with Gasteiger partial charge in [-0.05, 0) is 24.3 Å². The van der Waals surface area contributed by atoms with Crippen molar-refractivity contribution in [2.24, 2.45) is 0 Å². The predicted octanol–water partition coefficient (Wildman–Crippen LogP) is 4.31. The zero-order valence-corrected chi connectivity index (χ0v) is 18.4. The minimum Gasteiger partial charge on any atom is -0.369 e. The Kier molecular flexibility index (Phi) is 5.69. The Hall–Kier alpha value is -4.64. The number of carbonyl (C=O) groups excluding carboxylic acids is 1. The van der Waals surface area contributed by atoms with E-state index in [-0.39, 0.29) is 28.0 Å². The van der Waals surface area contributed by atoms with Crippen LogP contribution in [0.3, 0.4) is 0 Å². The number of nitrogens with zero attached hydrogens (tertiary/aromatic N) is 4. The molecule has 8 nitrogen and oxygen atoms in total. The average molecular weight is 490 g/mol. The van der Waals surface area contributed by atoms with Crippen molar-refractivity contribution in [3.05, 3.63) is 103 Å². The number of H-pyrrole nitrogens is 1. The van der Waals surface area contributed by atoms with Crippen LogP contribution in [-0.2, 0) is 16.6 Å². The summed E-state index contributed by atoms with van der Waals surface area (Å²) in [6.07, 6.45) is 2.48. The van der Waals surface area contributed by atoms with Crippen LogP contribution in [-0.4, -0.2) is 36.2 Å². The second kappa shape index (κ2) is 8.86. The van der Waals surface area contributed by atoms with Crippen molar-refractivity contribution in [1.29, 1.82) is 0 Å². The second-order valence-corrected chi connectivity index (χ2v) is 7.92. The molecular formula is C25H17F3N6O2. The Morgan fingerprint density at radius 1 is 0.972 bits per heavy atom. The summed E-state index contributed by atoms with van der Waals surface area (Å²) >= 11 is 0. The molecule has 0 fully saturated rings. The lowest BCUT2D eigenvalue weighted by Crippen LogP contribution is -2.42. The summed E-state index contributed by atoms with van der Waals surface area (Å²) in [5.41, 5.74) is -1.47. The maximum atomic E-state index is 13.4. The van der Waals surface area contributed by atoms with Gasteiger partial charge in [0.2, 0.25) is 5.60 Å². The van der Waals surface area contributed by atoms with Gasteiger partial charge in [-0.3, -0.25) is 9.78 Å². The topological polar surface area (TPSA) is 117 Å². The molecule has 0 bridgehead atoms. The first-order valence-electron chi connectivity index (χ1n) is 10.6. The lowest BCUT2D eigenvalue weighted by molar-refractivity contribution is -0.137. The van der Waals surface area contributed by atoms with E-state index in [1.165, 1.54) is 43.1 Å². The molecule has 0 aliphatic heterocycles. The standard InChI is InChI=1S/C25H17F3N6O2/c26-25(27,28)17-6-7-21-19(11-17)20(14-32-34-21)15-10-18(13-29-12-15)33-23(35)24(36,22-30-8-9-31-22)16-4-2-1-3-5-16/h1-14,36H,(H,30,31)(H,33,35). The number of benzene rings is 2. The number of pyridine rings is 1. The number of amides is 1. The van der Waals surface area contributed by atoms with Gasteiger partial charge in [-0.2, -0.15) is 23.4 Å². The Bertz CT molecular complexity index is 1540. The van der Waals surface area contributed by atoms with Gasteiger partial charge in [0.05, 0.1) is 29.2 Å². The van der Waals surface area contributed by atoms with Crippen LogP contribution in [0.15, 0.2) is 85.6 Å². The Morgan fingerprint density at radius 2 is 1.78 bits per heavy atom. The first kappa shape index (κ1) is 23.1. The molecule has 3 heterocycles. The number of rotatable bonds is 5. The lowest BCUT2D eigenvalue weighted by atomic mass is 9.91. The summed E-state index contributed by atoms with van der Waals surface area (Å²) in [5, 5.41) is 22.1. The van der Waals surface area contributed by atoms with Crippen LogP contribution in [0.5, 0.6) is 0 Å². The van der Waals surface area contributed by atoms with Gasteiger partial charge in [-0.1, -0.05) is 30.3 Å². The fraction of sp³-hybridized carbons (Fsp3) is 0.0800. The molecule has 11 heteroatoms. The predicted molar refractivity (Wildman–Crippen MR) is 124 cm³/mol. The van der Waals surface area contributed by atoms with E-state index in [0.717, 1.165) is 12.1 Å². The van der Waals surface area contributed by atoms with Gasteiger partial charge >= 0.3 is 6.18 Å². The van der Waals surface area contributed by atoms with Crippen LogP contribution >= 0.6 is 0 Å². The van der Waals surface area contributed by atoms with Crippen molar-refractivity contribution in [2.45, 2.75) is 11.8 Å². The van der Waals surface area contributed by atoms with E-state index in [1.807, 2.05) is 0 Å². The normalized spacial score (nSPS) is 13.3. The highest BCUT2D eigenvalue weighted by Gasteiger charge is 2.42. The molecule has 0 saturated heterocycles. The van der Waals surface area contributed by atoms with Gasteiger partial charge in [0.15, 0.2) is 5.82 Å². The van der Waals surface area contributed by atoms with Crippen LogP contribution in [0.1, 0.15) is 17.0 Å². The number of halogens is 3. The number of fused-ring (bicyclic) bond motifs is 1. The molecule has 1 amide bonds. The fourth-order valence-corrected chi connectivity index (χ4v) is 3.86. The molecule has 0 saturated carbocycles. The van der Waals surface area contributed by atoms with E-state index in [4.69, 9.17) is 0 Å². The molecule has 5 rings (SSSR count). The number of nitrogens with one attached hydrogen (secondary N) is 2. The maximum Gasteiger partial charge on any atom is 0.416 e. The molecule has 3 N–H and O–H groups in total. The highest BCUT2D eigenvalue weighted by atomic mass is 19.4. The minimum absolute atomic E-state index is 0.0133. The van der Waals surface area contributed by atoms with E-state index in [2.05, 4.69) is 30.5 Å². The van der Waals surface area contributed by atoms with Crippen LogP contribution in [0, 0.1) is 0 Å². The van der Waals surface area contributed by atoms with Gasteiger partial charge in [-0.15, -0.1) is 0 Å². The van der Waals surface area contributed by atoms with Gasteiger partial charge in [0.25, 0.3) is 5.91 Å². The SMILES string of the molecule is O=C(Nc1cncc(-c2cnnc3ccc(C(F)(F)F)cc23)c1)C(O)(c1ccccc1)c1ncc[nH]1. The van der Waals surface area contributed by atoms with E-state index in [0.29, 0.717) is 11.1 Å². The van der Waals surface area contributed by atoms with Gasteiger partial charge in [-0.25, -0.2) is 4.98 Å². The summed E-state index contributed by atoms with van der Waals surface area (Å²) in [4.78, 5) is 24.3. The number of alkyl halides is 3. The van der Waals surface area contributed by atoms with Crippen LogP contribution in [0.4, 0.5) is 18.9 Å². The van der Waals surface area contributed by atoms with Gasteiger partial charge in [0, 0.05) is 40.7 Å². The molecule has 1 atom stereocenters.